The molecule has 0 bridgehead atoms. The third-order valence-corrected chi connectivity index (χ3v) is 6.00. The van der Waals surface area contributed by atoms with E-state index in [4.69, 9.17) is 4.74 Å². The van der Waals surface area contributed by atoms with Crippen molar-refractivity contribution in [3.05, 3.63) is 63.1 Å². The average Bonchev–Trinajstić information content (AvgIpc) is 2.75. The zero-order valence-electron chi connectivity index (χ0n) is 21.8. The van der Waals surface area contributed by atoms with Crippen LogP contribution in [-0.4, -0.2) is 5.60 Å². The lowest BCUT2D eigenvalue weighted by atomic mass is 9.87. The van der Waals surface area contributed by atoms with Crippen molar-refractivity contribution in [3.63, 3.8) is 0 Å². The Balaban J connectivity index is 0.00000249. The van der Waals surface area contributed by atoms with E-state index < -0.39 is 0 Å². The number of aryl methyl sites for hydroxylation is 2. The molecule has 0 spiro atoms. The van der Waals surface area contributed by atoms with Crippen LogP contribution in [0.3, 0.4) is 0 Å². The Bertz CT molecular complexity index is 828. The molecule has 0 unspecified atom stereocenters. The maximum Gasteiger partial charge on any atom is 0.126 e. The second-order valence-corrected chi connectivity index (χ2v) is 9.39. The molecule has 1 aliphatic rings. The first kappa shape index (κ1) is 27.9. The molecule has 3 nitrogen and oxygen atoms in total. The van der Waals surface area contributed by atoms with Crippen LogP contribution in [0, 0.1) is 11.8 Å². The lowest BCUT2D eigenvalue weighted by molar-refractivity contribution is 0.0563. The summed E-state index contributed by atoms with van der Waals surface area (Å²) in [5, 5.41) is 3.08. The predicted molar refractivity (Wildman–Crippen MR) is 140 cm³/mol. The Morgan fingerprint density at radius 1 is 1.00 bits per heavy atom. The highest BCUT2D eigenvalue weighted by molar-refractivity contribution is 5.53. The van der Waals surface area contributed by atoms with Gasteiger partial charge in [-0.25, -0.2) is 0 Å². The summed E-state index contributed by atoms with van der Waals surface area (Å²) < 4.78 is 6.41. The van der Waals surface area contributed by atoms with E-state index in [2.05, 4.69) is 58.0 Å². The lowest BCUT2D eigenvalue weighted by Gasteiger charge is -2.36. The predicted octanol–water partition coefficient (Wildman–Crippen LogP) is 9.70. The number of hydrogen-bond donors (Lipinski definition) is 0. The summed E-state index contributed by atoms with van der Waals surface area (Å²) >= 11 is 0. The minimum atomic E-state index is -0.147. The number of ether oxygens (including phenoxy) is 1. The molecule has 0 aromatic heterocycles. The van der Waals surface area contributed by atoms with Gasteiger partial charge in [-0.2, -0.15) is 0 Å². The van der Waals surface area contributed by atoms with Crippen molar-refractivity contribution in [2.75, 3.05) is 0 Å². The van der Waals surface area contributed by atoms with Crippen LogP contribution in [0.2, 0.25) is 0 Å². The van der Waals surface area contributed by atoms with Gasteiger partial charge in [-0.3, -0.25) is 0 Å². The van der Waals surface area contributed by atoms with Gasteiger partial charge in [-0.15, -0.1) is 4.91 Å². The molecule has 1 heterocycles. The summed E-state index contributed by atoms with van der Waals surface area (Å²) in [5.74, 6) is 0.950. The Hall–Kier alpha value is -2.16. The molecule has 1 aromatic rings. The fourth-order valence-electron chi connectivity index (χ4n) is 4.05. The van der Waals surface area contributed by atoms with E-state index in [1.54, 1.807) is 0 Å². The standard InChI is InChI=1S/C27H39NO2.C2H6/c1-20(2)10-7-11-21(3)12-8-13-22(4)14-9-16-27(6)17-15-24-19-25(28-29)18-23(5)26(24)30-27;1-2/h10,12,14,18-19H,7-9,11,13,15-17H2,1-6H3;1-2H3/b21-12+,22-14+;/t27-;/m1./s1. The highest BCUT2D eigenvalue weighted by atomic mass is 16.5. The van der Waals surface area contributed by atoms with E-state index in [9.17, 15) is 4.91 Å². The first-order valence-corrected chi connectivity index (χ1v) is 12.3. The third kappa shape index (κ3) is 9.54. The van der Waals surface area contributed by atoms with Crippen LogP contribution in [0.5, 0.6) is 5.75 Å². The van der Waals surface area contributed by atoms with Crippen molar-refractivity contribution < 1.29 is 4.74 Å². The minimum absolute atomic E-state index is 0.147. The molecule has 0 saturated carbocycles. The molecule has 178 valence electrons. The minimum Gasteiger partial charge on any atom is -0.487 e. The number of nitrogens with zero attached hydrogens (tertiary/aromatic N) is 1. The summed E-state index contributed by atoms with van der Waals surface area (Å²) in [6.07, 6.45) is 15.6. The summed E-state index contributed by atoms with van der Waals surface area (Å²) in [6.45, 7) is 17.0. The first-order valence-electron chi connectivity index (χ1n) is 12.3. The zero-order valence-corrected chi connectivity index (χ0v) is 21.8. The topological polar surface area (TPSA) is 38.7 Å². The van der Waals surface area contributed by atoms with Crippen molar-refractivity contribution in [2.45, 2.75) is 112 Å². The molecule has 1 aromatic carbocycles. The molecular weight excluding hydrogens is 394 g/mol. The van der Waals surface area contributed by atoms with Gasteiger partial charge in [0.15, 0.2) is 0 Å². The molecule has 32 heavy (non-hydrogen) atoms. The van der Waals surface area contributed by atoms with Crippen LogP contribution < -0.4 is 4.74 Å². The van der Waals surface area contributed by atoms with Crippen LogP contribution in [0.25, 0.3) is 0 Å². The Morgan fingerprint density at radius 2 is 1.59 bits per heavy atom. The first-order chi connectivity index (χ1) is 15.2. The zero-order chi connectivity index (χ0) is 24.1. The van der Waals surface area contributed by atoms with Gasteiger partial charge in [0.2, 0.25) is 0 Å². The summed E-state index contributed by atoms with van der Waals surface area (Å²) in [6, 6.07) is 3.69. The second-order valence-electron chi connectivity index (χ2n) is 9.39. The highest BCUT2D eigenvalue weighted by Gasteiger charge is 2.32. The summed E-state index contributed by atoms with van der Waals surface area (Å²) in [4.78, 5) is 10.9. The van der Waals surface area contributed by atoms with E-state index in [0.717, 1.165) is 68.2 Å². The molecule has 0 aliphatic carbocycles. The van der Waals surface area contributed by atoms with Crippen LogP contribution in [0.15, 0.2) is 52.3 Å². The van der Waals surface area contributed by atoms with Crippen molar-refractivity contribution >= 4 is 5.69 Å². The number of nitroso groups, excluding NO2 is 1. The van der Waals surface area contributed by atoms with E-state index in [0.29, 0.717) is 5.69 Å². The van der Waals surface area contributed by atoms with Gasteiger partial charge in [0, 0.05) is 0 Å². The SMILES string of the molecule is CC.CC(C)=CCC/C(C)=C/CC/C(C)=C/CC[C@]1(C)CCc2cc(N=O)cc(C)c2O1. The second kappa shape index (κ2) is 14.1. The molecule has 0 fully saturated rings. The Labute approximate surface area is 197 Å². The Kier molecular flexibility index (Phi) is 12.3. The maximum absolute atomic E-state index is 10.9. The van der Waals surface area contributed by atoms with E-state index in [1.165, 1.54) is 16.7 Å². The molecule has 0 saturated heterocycles. The summed E-state index contributed by atoms with van der Waals surface area (Å²) in [7, 11) is 0. The molecule has 0 N–H and O–H groups in total. The van der Waals surface area contributed by atoms with Crippen LogP contribution >= 0.6 is 0 Å². The molecule has 0 radical (unpaired) electrons. The van der Waals surface area contributed by atoms with Crippen LogP contribution in [0.1, 0.15) is 105 Å². The number of hydrogen-bond acceptors (Lipinski definition) is 3. The third-order valence-electron chi connectivity index (χ3n) is 6.00. The van der Waals surface area contributed by atoms with Crippen molar-refractivity contribution in [3.8, 4) is 5.75 Å². The number of allylic oxidation sites excluding steroid dienone is 6. The van der Waals surface area contributed by atoms with E-state index in [1.807, 2.05) is 32.9 Å². The fraction of sp³-hybridized carbons (Fsp3) is 0.586. The summed E-state index contributed by atoms with van der Waals surface area (Å²) in [5.41, 5.74) is 6.82. The number of fused-ring (bicyclic) bond motifs is 1. The smallest absolute Gasteiger partial charge is 0.126 e. The molecule has 3 heteroatoms. The highest BCUT2D eigenvalue weighted by Crippen LogP contribution is 2.40. The van der Waals surface area contributed by atoms with Gasteiger partial charge in [0.25, 0.3) is 0 Å². The molecule has 0 amide bonds. The Morgan fingerprint density at radius 3 is 2.19 bits per heavy atom. The number of rotatable bonds is 10. The normalized spacial score (nSPS) is 18.1. The van der Waals surface area contributed by atoms with Gasteiger partial charge in [-0.1, -0.05) is 48.8 Å². The largest absolute Gasteiger partial charge is 0.487 e. The molecule has 2 rings (SSSR count). The van der Waals surface area contributed by atoms with E-state index in [-0.39, 0.29) is 5.60 Å². The van der Waals surface area contributed by atoms with Crippen molar-refractivity contribution in [1.29, 1.82) is 0 Å². The lowest BCUT2D eigenvalue weighted by Crippen LogP contribution is -2.36. The monoisotopic (exact) mass is 439 g/mol. The quantitative estimate of drug-likeness (QED) is 0.269. The maximum atomic E-state index is 10.9. The van der Waals surface area contributed by atoms with Crippen molar-refractivity contribution in [1.82, 2.24) is 0 Å². The fourth-order valence-corrected chi connectivity index (χ4v) is 4.05. The van der Waals surface area contributed by atoms with Gasteiger partial charge in [0.1, 0.15) is 17.0 Å². The number of benzene rings is 1. The van der Waals surface area contributed by atoms with E-state index >= 15 is 0 Å². The average molecular weight is 440 g/mol. The molecule has 1 atom stereocenters. The molecular formula is C29H45NO2. The van der Waals surface area contributed by atoms with Crippen LogP contribution in [0.4, 0.5) is 5.69 Å². The van der Waals surface area contributed by atoms with Gasteiger partial charge in [-0.05, 0) is 121 Å². The molecule has 1 aliphatic heterocycles. The van der Waals surface area contributed by atoms with Gasteiger partial charge < -0.3 is 4.74 Å². The van der Waals surface area contributed by atoms with Gasteiger partial charge >= 0.3 is 0 Å². The van der Waals surface area contributed by atoms with Crippen molar-refractivity contribution in [2.24, 2.45) is 5.18 Å². The van der Waals surface area contributed by atoms with Gasteiger partial charge in [0.05, 0.1) is 0 Å². The van der Waals surface area contributed by atoms with Crippen LogP contribution in [-0.2, 0) is 6.42 Å².